The number of hydrogen-bond donors (Lipinski definition) is 6. The Morgan fingerprint density at radius 1 is 0.493 bits per heavy atom. The monoisotopic (exact) mass is 995 g/mol. The van der Waals surface area contributed by atoms with Crippen molar-refractivity contribution in [2.45, 2.75) is 225 Å². The van der Waals surface area contributed by atoms with Crippen LogP contribution in [0.5, 0.6) is 0 Å². The molecule has 0 rings (SSSR count). The third-order valence-electron chi connectivity index (χ3n) is 10.9. The lowest BCUT2D eigenvalue weighted by Gasteiger charge is -2.21. The molecule has 0 heterocycles. The highest BCUT2D eigenvalue weighted by molar-refractivity contribution is 7.47. The van der Waals surface area contributed by atoms with Crippen molar-refractivity contribution in [2.24, 2.45) is 5.92 Å². The second-order valence-corrected chi connectivity index (χ2v) is 20.5. The normalized spacial score (nSPS) is 15.3. The molecule has 0 aromatic heterocycles. The molecule has 0 aliphatic carbocycles. The Kier molecular flexibility index (Phi) is 42.7. The van der Waals surface area contributed by atoms with Crippen molar-refractivity contribution in [3.63, 3.8) is 0 Å². The number of hydrogen-bond acceptors (Lipinski definition) is 12. The maximum atomic E-state index is 12.8. The third-order valence-corrected chi connectivity index (χ3v) is 12.3. The largest absolute Gasteiger partial charge is 0.472 e. The van der Waals surface area contributed by atoms with E-state index in [0.29, 0.717) is 12.8 Å². The van der Waals surface area contributed by atoms with Crippen molar-refractivity contribution in [1.29, 1.82) is 0 Å². The van der Waals surface area contributed by atoms with E-state index in [1.165, 1.54) is 96.3 Å². The van der Waals surface area contributed by atoms with Gasteiger partial charge in [0.25, 0.3) is 0 Å². The highest BCUT2D eigenvalue weighted by atomic mass is 31.2. The fourth-order valence-corrected chi connectivity index (χ4v) is 8.07. The van der Waals surface area contributed by atoms with Crippen molar-refractivity contribution in [3.8, 4) is 0 Å². The Hall–Kier alpha value is -2.00. The van der Waals surface area contributed by atoms with Crippen LogP contribution < -0.4 is 0 Å². The Labute approximate surface area is 404 Å². The molecule has 0 aliphatic heterocycles. The van der Waals surface area contributed by atoms with Crippen molar-refractivity contribution in [1.82, 2.24) is 0 Å². The number of esters is 2. The van der Waals surface area contributed by atoms with E-state index in [-0.39, 0.29) is 32.1 Å². The van der Waals surface area contributed by atoms with E-state index in [2.05, 4.69) is 60.2 Å². The summed E-state index contributed by atoms with van der Waals surface area (Å²) in [5.74, 6) is -0.488. The lowest BCUT2D eigenvalue weighted by atomic mass is 10.0. The van der Waals surface area contributed by atoms with Crippen LogP contribution >= 0.6 is 15.6 Å². The molecule has 0 saturated carbocycles. The van der Waals surface area contributed by atoms with E-state index in [9.17, 15) is 38.9 Å². The minimum absolute atomic E-state index is 0.0901. The maximum Gasteiger partial charge on any atom is 0.472 e. The summed E-state index contributed by atoms with van der Waals surface area (Å²) >= 11 is 0. The zero-order valence-corrected chi connectivity index (χ0v) is 43.2. The molecule has 1 unspecified atom stereocenters. The van der Waals surface area contributed by atoms with Crippen LogP contribution in [-0.2, 0) is 41.8 Å². The first-order chi connectivity index (χ1) is 32.0. The molecule has 0 aromatic carbocycles. The molecule has 6 N–H and O–H groups in total. The lowest BCUT2D eigenvalue weighted by molar-refractivity contribution is -0.161. The average Bonchev–Trinajstić information content (AvgIpc) is 3.27. The van der Waals surface area contributed by atoms with E-state index in [0.717, 1.165) is 44.4 Å². The molecule has 392 valence electrons. The van der Waals surface area contributed by atoms with Gasteiger partial charge in [-0.3, -0.25) is 23.2 Å². The number of rotatable bonds is 47. The van der Waals surface area contributed by atoms with Crippen LogP contribution in [0.1, 0.15) is 201 Å². The van der Waals surface area contributed by atoms with Crippen molar-refractivity contribution < 1.29 is 71.8 Å². The number of aliphatic hydroxyl groups excluding tert-OH is 3. The summed E-state index contributed by atoms with van der Waals surface area (Å²) in [6, 6.07) is 0. The highest BCUT2D eigenvalue weighted by Gasteiger charge is 2.28. The summed E-state index contributed by atoms with van der Waals surface area (Å²) in [5, 5.41) is 30.6. The van der Waals surface area contributed by atoms with Gasteiger partial charge in [-0.1, -0.05) is 185 Å². The predicted octanol–water partition coefficient (Wildman–Crippen LogP) is 11.6. The molecule has 15 nitrogen and oxygen atoms in total. The van der Waals surface area contributed by atoms with Gasteiger partial charge in [0.15, 0.2) is 6.10 Å². The molecule has 0 bridgehead atoms. The van der Waals surface area contributed by atoms with Crippen LogP contribution in [0, 0.1) is 5.92 Å². The summed E-state index contributed by atoms with van der Waals surface area (Å²) < 4.78 is 47.7. The number of phosphoric ester groups is 2. The summed E-state index contributed by atoms with van der Waals surface area (Å²) in [6.45, 7) is 3.69. The zero-order valence-electron chi connectivity index (χ0n) is 41.4. The summed E-state index contributed by atoms with van der Waals surface area (Å²) in [6.07, 6.45) is 38.4. The molecule has 0 aliphatic rings. The van der Waals surface area contributed by atoms with Gasteiger partial charge in [-0.25, -0.2) is 9.13 Å². The minimum atomic E-state index is -4.90. The molecule has 17 heteroatoms. The molecule has 0 fully saturated rings. The van der Waals surface area contributed by atoms with Crippen LogP contribution in [0.25, 0.3) is 0 Å². The van der Waals surface area contributed by atoms with Gasteiger partial charge in [-0.15, -0.1) is 0 Å². The average molecular weight is 995 g/mol. The molecule has 0 spiro atoms. The fraction of sp³-hybridized carbons (Fsp3) is 0.800. The van der Waals surface area contributed by atoms with E-state index >= 15 is 0 Å². The van der Waals surface area contributed by atoms with Gasteiger partial charge in [-0.05, 0) is 57.3 Å². The van der Waals surface area contributed by atoms with Gasteiger partial charge in [0.2, 0.25) is 0 Å². The van der Waals surface area contributed by atoms with Crippen molar-refractivity contribution in [2.75, 3.05) is 26.4 Å². The van der Waals surface area contributed by atoms with Crippen molar-refractivity contribution in [3.05, 3.63) is 48.6 Å². The molecule has 0 aromatic rings. The van der Waals surface area contributed by atoms with Gasteiger partial charge in [0, 0.05) is 12.8 Å². The summed E-state index contributed by atoms with van der Waals surface area (Å²) in [7, 11) is -9.80. The van der Waals surface area contributed by atoms with Crippen LogP contribution in [0.3, 0.4) is 0 Å². The zero-order chi connectivity index (χ0) is 49.9. The Balaban J connectivity index is 4.59. The number of phosphoric acid groups is 2. The van der Waals surface area contributed by atoms with Gasteiger partial charge in [0.05, 0.1) is 32.0 Å². The molecule has 67 heavy (non-hydrogen) atoms. The molecule has 5 atom stereocenters. The fourth-order valence-electron chi connectivity index (χ4n) is 6.92. The Morgan fingerprint density at radius 2 is 0.925 bits per heavy atom. The number of carbonyl (C=O) groups is 2. The van der Waals surface area contributed by atoms with Crippen molar-refractivity contribution >= 4 is 27.6 Å². The first-order valence-electron chi connectivity index (χ1n) is 25.4. The van der Waals surface area contributed by atoms with E-state index in [4.69, 9.17) is 23.8 Å². The first-order valence-corrected chi connectivity index (χ1v) is 28.4. The topological polar surface area (TPSA) is 236 Å². The number of unbranched alkanes of at least 4 members (excludes halogenated alkanes) is 17. The SMILES string of the molecule is CC/C=C\C/C=C\C/C=C\C/C=C\C[C@@H](O)[C@H](O)CCCC(=O)O[C@H](COC(=O)CCCCCCCCCCCCCCCCCCCCC(C)C)COP(=O)(O)OC[C@@H](O)COP(=O)(O)O. The number of aliphatic hydroxyl groups is 3. The summed E-state index contributed by atoms with van der Waals surface area (Å²) in [4.78, 5) is 53.0. The number of allylic oxidation sites excluding steroid dienone is 7. The standard InChI is InChI=1S/C50H92O15P2/c1-4-5-6-7-8-9-10-20-23-26-29-32-36-47(52)48(53)37-34-39-50(55)65-46(43-64-67(59,60)63-41-45(51)40-62-66(56,57)58)42-61-49(54)38-33-30-27-24-21-18-16-14-12-11-13-15-17-19-22-25-28-31-35-44(2)3/h5-6,8-9,20,23,29,32,44-48,51-53H,4,7,10-19,21-22,24-28,30-31,33-43H2,1-3H3,(H,59,60)(H2,56,57,58)/b6-5-,9-8-,23-20-,32-29-/t45-,46+,47+,48+/m0/s1. The van der Waals surface area contributed by atoms with E-state index < -0.39 is 78.4 Å². The number of ether oxygens (including phenoxy) is 2. The van der Waals surface area contributed by atoms with Crippen LogP contribution in [0.2, 0.25) is 0 Å². The van der Waals surface area contributed by atoms with Gasteiger partial charge >= 0.3 is 27.6 Å². The quantitative estimate of drug-likeness (QED) is 0.0144. The highest BCUT2D eigenvalue weighted by Crippen LogP contribution is 2.44. The van der Waals surface area contributed by atoms with Crippen LogP contribution in [0.4, 0.5) is 0 Å². The Bertz CT molecular complexity index is 1410. The second-order valence-electron chi connectivity index (χ2n) is 17.9. The molecular formula is C50H92O15P2. The third kappa shape index (κ3) is 47.5. The van der Waals surface area contributed by atoms with E-state index in [1.54, 1.807) is 6.08 Å². The van der Waals surface area contributed by atoms with E-state index in [1.807, 2.05) is 12.2 Å². The molecule has 0 amide bonds. The van der Waals surface area contributed by atoms with Crippen LogP contribution in [-0.4, -0.2) is 92.8 Å². The first kappa shape index (κ1) is 65.0. The minimum Gasteiger partial charge on any atom is -0.462 e. The lowest BCUT2D eigenvalue weighted by Crippen LogP contribution is -2.30. The smallest absolute Gasteiger partial charge is 0.462 e. The van der Waals surface area contributed by atoms with Gasteiger partial charge < -0.3 is 39.5 Å². The Morgan fingerprint density at radius 3 is 1.42 bits per heavy atom. The molecular weight excluding hydrogens is 902 g/mol. The number of carbonyl (C=O) groups excluding carboxylic acids is 2. The summed E-state index contributed by atoms with van der Waals surface area (Å²) in [5.41, 5.74) is 0. The van der Waals surface area contributed by atoms with Gasteiger partial charge in [0.1, 0.15) is 12.7 Å². The predicted molar refractivity (Wildman–Crippen MR) is 265 cm³/mol. The maximum absolute atomic E-state index is 12.8. The molecule has 0 radical (unpaired) electrons. The second kappa shape index (κ2) is 44.0. The molecule has 0 saturated heterocycles. The van der Waals surface area contributed by atoms with Crippen LogP contribution in [0.15, 0.2) is 48.6 Å². The van der Waals surface area contributed by atoms with Gasteiger partial charge in [-0.2, -0.15) is 0 Å².